The number of pyridine rings is 1. The molecule has 0 radical (unpaired) electrons. The number of piperidine rings is 2. The van der Waals surface area contributed by atoms with Crippen molar-refractivity contribution in [3.05, 3.63) is 39.9 Å². The maximum absolute atomic E-state index is 13.0. The molecule has 2 unspecified atom stereocenters. The van der Waals surface area contributed by atoms with Gasteiger partial charge in [0.2, 0.25) is 0 Å². The lowest BCUT2D eigenvalue weighted by atomic mass is 9.83. The van der Waals surface area contributed by atoms with Gasteiger partial charge in [-0.15, -0.1) is 5.10 Å². The van der Waals surface area contributed by atoms with E-state index >= 15 is 0 Å². The predicted molar refractivity (Wildman–Crippen MR) is 112 cm³/mol. The molecule has 3 amide bonds. The van der Waals surface area contributed by atoms with Gasteiger partial charge < -0.3 is 14.4 Å². The smallest absolute Gasteiger partial charge is 0.322 e. The topological polar surface area (TPSA) is 100 Å². The zero-order valence-corrected chi connectivity index (χ0v) is 17.4. The Morgan fingerprint density at radius 3 is 2.73 bits per heavy atom. The molecule has 9 nitrogen and oxygen atoms in total. The minimum absolute atomic E-state index is 0.0247. The Morgan fingerprint density at radius 1 is 1.07 bits per heavy atom. The Hall–Kier alpha value is -2.75. The third-order valence-electron chi connectivity index (χ3n) is 6.32. The molecule has 2 aromatic rings. The monoisotopic (exact) mass is 428 g/mol. The molecule has 0 spiro atoms. The molecule has 0 saturated carbocycles. The first-order valence-electron chi connectivity index (χ1n) is 10.5. The van der Waals surface area contributed by atoms with Crippen LogP contribution in [0.25, 0.3) is 0 Å². The van der Waals surface area contributed by atoms with E-state index < -0.39 is 0 Å². The minimum Gasteiger partial charge on any atom is -0.337 e. The Labute approximate surface area is 177 Å². The second kappa shape index (κ2) is 7.82. The van der Waals surface area contributed by atoms with Crippen LogP contribution in [0.1, 0.15) is 47.8 Å². The highest BCUT2D eigenvalue weighted by Gasteiger charge is 2.37. The van der Waals surface area contributed by atoms with Crippen molar-refractivity contribution in [2.45, 2.75) is 38.1 Å². The Kier molecular flexibility index (Phi) is 5.01. The molecule has 3 aliphatic heterocycles. The Bertz CT molecular complexity index is 1030. The van der Waals surface area contributed by atoms with Gasteiger partial charge in [0, 0.05) is 61.9 Å². The van der Waals surface area contributed by atoms with Crippen molar-refractivity contribution < 1.29 is 9.59 Å². The van der Waals surface area contributed by atoms with E-state index in [9.17, 15) is 14.4 Å². The third-order valence-corrected chi connectivity index (χ3v) is 6.96. The van der Waals surface area contributed by atoms with Crippen molar-refractivity contribution in [3.8, 4) is 0 Å². The number of nitrogens with zero attached hydrogens (tertiary/aromatic N) is 5. The summed E-state index contributed by atoms with van der Waals surface area (Å²) >= 11 is 1.03. The quantitative estimate of drug-likeness (QED) is 0.788. The van der Waals surface area contributed by atoms with Crippen molar-refractivity contribution in [1.29, 1.82) is 0 Å². The summed E-state index contributed by atoms with van der Waals surface area (Å²) < 4.78 is 5.75. The highest BCUT2D eigenvalue weighted by molar-refractivity contribution is 7.10. The Balaban J connectivity index is 1.30. The van der Waals surface area contributed by atoms with Gasteiger partial charge in [-0.2, -0.15) is 0 Å². The maximum atomic E-state index is 13.0. The van der Waals surface area contributed by atoms with Gasteiger partial charge in [-0.05, 0) is 37.7 Å². The fourth-order valence-corrected chi connectivity index (χ4v) is 5.45. The number of carbonyl (C=O) groups excluding carboxylic acids is 2. The molecular formula is C20H24N6O3S. The van der Waals surface area contributed by atoms with Crippen LogP contribution in [0.3, 0.4) is 0 Å². The van der Waals surface area contributed by atoms with Crippen LogP contribution in [0.5, 0.6) is 0 Å². The molecule has 0 aromatic carbocycles. The van der Waals surface area contributed by atoms with E-state index in [4.69, 9.17) is 0 Å². The lowest BCUT2D eigenvalue weighted by Crippen LogP contribution is -2.50. The van der Waals surface area contributed by atoms with E-state index in [0.29, 0.717) is 24.6 Å². The van der Waals surface area contributed by atoms with Crippen LogP contribution in [0.15, 0.2) is 23.0 Å². The van der Waals surface area contributed by atoms with Gasteiger partial charge in [0.15, 0.2) is 10.7 Å². The summed E-state index contributed by atoms with van der Waals surface area (Å²) in [5, 5.41) is 7.27. The molecule has 2 atom stereocenters. The molecule has 2 fully saturated rings. The average Bonchev–Trinajstić information content (AvgIpc) is 3.22. The minimum atomic E-state index is -0.241. The number of anilines is 1. The Morgan fingerprint density at radius 2 is 1.90 bits per heavy atom. The van der Waals surface area contributed by atoms with Crippen molar-refractivity contribution in [2.24, 2.45) is 5.92 Å². The lowest BCUT2D eigenvalue weighted by Gasteiger charge is -2.42. The number of nitrogens with one attached hydrogen (secondary N) is 1. The number of rotatable bonds is 2. The number of aromatic nitrogens is 3. The second-order valence-corrected chi connectivity index (χ2v) is 9.09. The van der Waals surface area contributed by atoms with E-state index in [1.807, 2.05) is 10.6 Å². The molecule has 10 heteroatoms. The number of fused-ring (bicyclic) bond motifs is 4. The summed E-state index contributed by atoms with van der Waals surface area (Å²) in [6.07, 6.45) is 4.10. The number of likely N-dealkylation sites (tertiary alicyclic amines) is 2. The number of hydrogen-bond donors (Lipinski definition) is 1. The molecule has 2 aromatic heterocycles. The number of carbonyl (C=O) groups is 2. The van der Waals surface area contributed by atoms with Crippen molar-refractivity contribution in [2.75, 3.05) is 31.5 Å². The van der Waals surface area contributed by atoms with E-state index in [1.54, 1.807) is 21.9 Å². The van der Waals surface area contributed by atoms with Gasteiger partial charge in [-0.25, -0.2) is 4.79 Å². The van der Waals surface area contributed by atoms with Crippen LogP contribution in [0.4, 0.5) is 9.80 Å². The molecule has 30 heavy (non-hydrogen) atoms. The second-order valence-electron chi connectivity index (χ2n) is 8.34. The SMILES string of the molecule is O=C(Nc1snnc1C(=O)N1CCCCC1)N1CC2CC(C1)c1cccc(=O)n1C2. The van der Waals surface area contributed by atoms with Gasteiger partial charge in [0.1, 0.15) is 0 Å². The molecule has 158 valence electrons. The molecule has 3 aliphatic rings. The maximum Gasteiger partial charge on any atom is 0.322 e. The molecule has 0 aliphatic carbocycles. The van der Waals surface area contributed by atoms with Crippen LogP contribution >= 0.6 is 11.5 Å². The standard InChI is InChI=1S/C20H24N6O3S/c27-16-6-4-5-15-14-9-13(11-26(15)16)10-25(12-14)20(29)21-18-17(22-23-30-18)19(28)24-7-2-1-3-8-24/h4-6,13-14H,1-3,7-12H2,(H,21,29). The fourth-order valence-electron chi connectivity index (χ4n) is 4.90. The highest BCUT2D eigenvalue weighted by atomic mass is 32.1. The summed E-state index contributed by atoms with van der Waals surface area (Å²) in [7, 11) is 0. The van der Waals surface area contributed by atoms with Crippen molar-refractivity contribution in [1.82, 2.24) is 24.0 Å². The molecule has 5 heterocycles. The first-order valence-corrected chi connectivity index (χ1v) is 11.2. The summed E-state index contributed by atoms with van der Waals surface area (Å²) in [5.41, 5.74) is 1.25. The van der Waals surface area contributed by atoms with Crippen molar-refractivity contribution >= 4 is 28.5 Å². The van der Waals surface area contributed by atoms with Gasteiger partial charge in [0.05, 0.1) is 0 Å². The first kappa shape index (κ1) is 19.2. The molecule has 1 N–H and O–H groups in total. The number of urea groups is 1. The zero-order chi connectivity index (χ0) is 20.7. The van der Waals surface area contributed by atoms with Crippen LogP contribution in [0.2, 0.25) is 0 Å². The van der Waals surface area contributed by atoms with Crippen LogP contribution < -0.4 is 10.9 Å². The van der Waals surface area contributed by atoms with Crippen LogP contribution in [-0.4, -0.2) is 62.1 Å². The molecule has 2 bridgehead atoms. The summed E-state index contributed by atoms with van der Waals surface area (Å²) in [6, 6.07) is 5.11. The fraction of sp³-hybridized carbons (Fsp3) is 0.550. The van der Waals surface area contributed by atoms with E-state index in [2.05, 4.69) is 14.9 Å². The summed E-state index contributed by atoms with van der Waals surface area (Å²) in [6.45, 7) is 3.21. The van der Waals surface area contributed by atoms with E-state index in [0.717, 1.165) is 56.0 Å². The predicted octanol–water partition coefficient (Wildman–Crippen LogP) is 1.98. The number of hydrogen-bond acceptors (Lipinski definition) is 6. The summed E-state index contributed by atoms with van der Waals surface area (Å²) in [4.78, 5) is 41.5. The van der Waals surface area contributed by atoms with Gasteiger partial charge in [-0.1, -0.05) is 10.6 Å². The molecule has 2 saturated heterocycles. The molecular weight excluding hydrogens is 404 g/mol. The van der Waals surface area contributed by atoms with Crippen LogP contribution in [-0.2, 0) is 6.54 Å². The number of amides is 3. The van der Waals surface area contributed by atoms with Gasteiger partial charge in [-0.3, -0.25) is 14.9 Å². The third kappa shape index (κ3) is 3.49. The normalized spacial score (nSPS) is 23.1. The van der Waals surface area contributed by atoms with E-state index in [-0.39, 0.29) is 35.0 Å². The first-order chi connectivity index (χ1) is 14.6. The average molecular weight is 429 g/mol. The largest absolute Gasteiger partial charge is 0.337 e. The summed E-state index contributed by atoms with van der Waals surface area (Å²) in [5.74, 6) is 0.227. The van der Waals surface area contributed by atoms with Gasteiger partial charge in [0.25, 0.3) is 11.5 Å². The van der Waals surface area contributed by atoms with Crippen LogP contribution in [0, 0.1) is 5.92 Å². The van der Waals surface area contributed by atoms with E-state index in [1.165, 1.54) is 0 Å². The lowest BCUT2D eigenvalue weighted by molar-refractivity contribution is 0.0719. The van der Waals surface area contributed by atoms with Gasteiger partial charge >= 0.3 is 6.03 Å². The highest BCUT2D eigenvalue weighted by Crippen LogP contribution is 2.35. The zero-order valence-electron chi connectivity index (χ0n) is 16.6. The van der Waals surface area contributed by atoms with Crippen molar-refractivity contribution in [3.63, 3.8) is 0 Å². The molecule has 5 rings (SSSR count).